The summed E-state index contributed by atoms with van der Waals surface area (Å²) in [6.45, 7) is 4.74. The van der Waals surface area contributed by atoms with Crippen LogP contribution in [-0.2, 0) is 6.54 Å². The van der Waals surface area contributed by atoms with Crippen LogP contribution < -0.4 is 10.2 Å². The summed E-state index contributed by atoms with van der Waals surface area (Å²) >= 11 is 5.97. The number of para-hydroxylation sites is 1. The predicted octanol–water partition coefficient (Wildman–Crippen LogP) is 3.14. The topological polar surface area (TPSA) is 38.7 Å². The molecule has 2 aliphatic heterocycles. The number of hydrogen-bond donors (Lipinski definition) is 2. The molecule has 144 valence electrons. The molecular formula is C22H28ClN3O. The molecule has 2 aromatic carbocycles. The van der Waals surface area contributed by atoms with Gasteiger partial charge in [0.15, 0.2) is 0 Å². The second kappa shape index (κ2) is 8.61. The van der Waals surface area contributed by atoms with Crippen molar-refractivity contribution in [3.05, 3.63) is 65.2 Å². The molecular weight excluding hydrogens is 358 g/mol. The highest BCUT2D eigenvalue weighted by Crippen LogP contribution is 2.22. The van der Waals surface area contributed by atoms with Crippen LogP contribution in [0, 0.1) is 0 Å². The lowest BCUT2D eigenvalue weighted by molar-refractivity contribution is 0.136. The quantitative estimate of drug-likeness (QED) is 0.829. The highest BCUT2D eigenvalue weighted by atomic mass is 35.5. The molecule has 0 aromatic heterocycles. The Balaban J connectivity index is 1.25. The van der Waals surface area contributed by atoms with Crippen molar-refractivity contribution in [2.75, 3.05) is 31.1 Å². The summed E-state index contributed by atoms with van der Waals surface area (Å²) in [6.07, 6.45) is 1.95. The lowest BCUT2D eigenvalue weighted by Crippen LogP contribution is -2.49. The molecule has 2 aromatic rings. The maximum absolute atomic E-state index is 10.5. The fourth-order valence-corrected chi connectivity index (χ4v) is 4.33. The van der Waals surface area contributed by atoms with Crippen molar-refractivity contribution in [2.45, 2.75) is 37.6 Å². The molecule has 2 N–H and O–H groups in total. The average Bonchev–Trinajstić information content (AvgIpc) is 3.06. The summed E-state index contributed by atoms with van der Waals surface area (Å²) < 4.78 is 0. The summed E-state index contributed by atoms with van der Waals surface area (Å²) in [5, 5.41) is 15.0. The lowest BCUT2D eigenvalue weighted by atomic mass is 10.0. The molecule has 0 unspecified atom stereocenters. The van der Waals surface area contributed by atoms with Gasteiger partial charge in [-0.3, -0.25) is 4.90 Å². The van der Waals surface area contributed by atoms with Gasteiger partial charge in [-0.25, -0.2) is 0 Å². The summed E-state index contributed by atoms with van der Waals surface area (Å²) in [7, 11) is 0. The minimum Gasteiger partial charge on any atom is -0.390 e. The second-order valence-corrected chi connectivity index (χ2v) is 8.19. The van der Waals surface area contributed by atoms with E-state index < -0.39 is 0 Å². The summed E-state index contributed by atoms with van der Waals surface area (Å²) in [5.41, 5.74) is 2.51. The minimum atomic E-state index is -0.308. The molecule has 0 radical (unpaired) electrons. The molecule has 0 aliphatic carbocycles. The molecule has 0 saturated carbocycles. The van der Waals surface area contributed by atoms with E-state index in [1.165, 1.54) is 11.3 Å². The van der Waals surface area contributed by atoms with Crippen molar-refractivity contribution in [1.29, 1.82) is 0 Å². The van der Waals surface area contributed by atoms with Gasteiger partial charge in [-0.1, -0.05) is 41.9 Å². The van der Waals surface area contributed by atoms with Crippen LogP contribution in [0.3, 0.4) is 0 Å². The molecule has 2 heterocycles. The van der Waals surface area contributed by atoms with Crippen molar-refractivity contribution in [3.8, 4) is 0 Å². The number of halogens is 1. The molecule has 4 nitrogen and oxygen atoms in total. The molecule has 0 amide bonds. The number of β-amino-alcohol motifs (C(OH)–C–C–N with tert-alkyl or cyclic N) is 1. The van der Waals surface area contributed by atoms with Crippen molar-refractivity contribution in [1.82, 2.24) is 10.2 Å². The number of rotatable bonds is 5. The third kappa shape index (κ3) is 4.82. The molecule has 2 atom stereocenters. The number of likely N-dealkylation sites (tertiary alicyclic amines) is 1. The highest BCUT2D eigenvalue weighted by Gasteiger charge is 2.33. The van der Waals surface area contributed by atoms with Crippen molar-refractivity contribution in [2.24, 2.45) is 0 Å². The third-order valence-corrected chi connectivity index (χ3v) is 6.02. The zero-order valence-corrected chi connectivity index (χ0v) is 16.4. The van der Waals surface area contributed by atoms with E-state index >= 15 is 0 Å². The first kappa shape index (κ1) is 18.8. The number of anilines is 1. The lowest BCUT2D eigenvalue weighted by Gasteiger charge is -2.34. The summed E-state index contributed by atoms with van der Waals surface area (Å²) in [5.74, 6) is 0. The molecule has 4 rings (SSSR count). The standard InChI is InChI=1S/C22H28ClN3O/c23-18-8-6-17(7-9-18)14-25-12-10-19(11-13-25)24-21-15-26(16-22(21)27)20-4-2-1-3-5-20/h1-9,19,21-22,24,27H,10-16H2/t21-,22-/m0/s1. The minimum absolute atomic E-state index is 0.151. The first-order chi connectivity index (χ1) is 13.2. The Morgan fingerprint density at radius 3 is 2.37 bits per heavy atom. The Morgan fingerprint density at radius 2 is 1.67 bits per heavy atom. The smallest absolute Gasteiger partial charge is 0.0885 e. The van der Waals surface area contributed by atoms with Gasteiger partial charge in [0.05, 0.1) is 12.1 Å². The van der Waals surface area contributed by atoms with Crippen molar-refractivity contribution >= 4 is 17.3 Å². The Bertz CT molecular complexity index is 716. The fourth-order valence-electron chi connectivity index (χ4n) is 4.21. The normalized spacial score (nSPS) is 24.4. The van der Waals surface area contributed by atoms with Gasteiger partial charge in [0.25, 0.3) is 0 Å². The van der Waals surface area contributed by atoms with Gasteiger partial charge in [-0.15, -0.1) is 0 Å². The van der Waals surface area contributed by atoms with E-state index in [0.29, 0.717) is 12.6 Å². The molecule has 2 fully saturated rings. The molecule has 5 heteroatoms. The first-order valence-corrected chi connectivity index (χ1v) is 10.3. The van der Waals surface area contributed by atoms with E-state index in [1.807, 2.05) is 18.2 Å². The van der Waals surface area contributed by atoms with Gasteiger partial charge in [-0.05, 0) is 55.8 Å². The molecule has 2 aliphatic rings. The molecule has 2 saturated heterocycles. The number of nitrogens with zero attached hydrogens (tertiary/aromatic N) is 2. The first-order valence-electron chi connectivity index (χ1n) is 9.88. The fraction of sp³-hybridized carbons (Fsp3) is 0.455. The Labute approximate surface area is 166 Å². The number of piperidine rings is 1. The molecule has 0 spiro atoms. The van der Waals surface area contributed by atoms with Gasteiger partial charge >= 0.3 is 0 Å². The Kier molecular flexibility index (Phi) is 5.98. The monoisotopic (exact) mass is 385 g/mol. The van der Waals surface area contributed by atoms with Crippen LogP contribution in [-0.4, -0.2) is 54.4 Å². The highest BCUT2D eigenvalue weighted by molar-refractivity contribution is 6.30. The zero-order valence-electron chi connectivity index (χ0n) is 15.6. The van der Waals surface area contributed by atoms with E-state index in [1.54, 1.807) is 0 Å². The van der Waals surface area contributed by atoms with Gasteiger partial charge in [0.2, 0.25) is 0 Å². The van der Waals surface area contributed by atoms with Crippen molar-refractivity contribution in [3.63, 3.8) is 0 Å². The van der Waals surface area contributed by atoms with Crippen LogP contribution in [0.2, 0.25) is 5.02 Å². The third-order valence-electron chi connectivity index (χ3n) is 5.77. The number of aliphatic hydroxyl groups is 1. The van der Waals surface area contributed by atoms with Gasteiger partial charge in [0.1, 0.15) is 0 Å². The van der Waals surface area contributed by atoms with E-state index in [-0.39, 0.29) is 12.1 Å². The van der Waals surface area contributed by atoms with Crippen LogP contribution in [0.15, 0.2) is 54.6 Å². The maximum atomic E-state index is 10.5. The van der Waals surface area contributed by atoms with E-state index in [9.17, 15) is 5.11 Å². The largest absolute Gasteiger partial charge is 0.390 e. The van der Waals surface area contributed by atoms with Crippen LogP contribution >= 0.6 is 11.6 Å². The Hall–Kier alpha value is -1.59. The maximum Gasteiger partial charge on any atom is 0.0885 e. The van der Waals surface area contributed by atoms with E-state index in [0.717, 1.165) is 44.0 Å². The average molecular weight is 386 g/mol. The Morgan fingerprint density at radius 1 is 0.963 bits per heavy atom. The number of nitrogens with one attached hydrogen (secondary N) is 1. The van der Waals surface area contributed by atoms with Gasteiger partial charge in [-0.2, -0.15) is 0 Å². The summed E-state index contributed by atoms with van der Waals surface area (Å²) in [4.78, 5) is 4.78. The number of hydrogen-bond acceptors (Lipinski definition) is 4. The summed E-state index contributed by atoms with van der Waals surface area (Å²) in [6, 6.07) is 19.2. The molecule has 0 bridgehead atoms. The van der Waals surface area contributed by atoms with Gasteiger partial charge < -0.3 is 15.3 Å². The van der Waals surface area contributed by atoms with E-state index in [2.05, 4.69) is 51.5 Å². The molecule has 27 heavy (non-hydrogen) atoms. The van der Waals surface area contributed by atoms with Crippen molar-refractivity contribution < 1.29 is 5.11 Å². The number of benzene rings is 2. The van der Waals surface area contributed by atoms with Crippen LogP contribution in [0.1, 0.15) is 18.4 Å². The van der Waals surface area contributed by atoms with Gasteiger partial charge in [0, 0.05) is 36.4 Å². The van der Waals surface area contributed by atoms with Crippen LogP contribution in [0.25, 0.3) is 0 Å². The SMILES string of the molecule is O[C@H]1CN(c2ccccc2)C[C@@H]1NC1CCN(Cc2ccc(Cl)cc2)CC1. The van der Waals surface area contributed by atoms with Crippen LogP contribution in [0.5, 0.6) is 0 Å². The number of aliphatic hydroxyl groups excluding tert-OH is 1. The van der Waals surface area contributed by atoms with Crippen LogP contribution in [0.4, 0.5) is 5.69 Å². The van der Waals surface area contributed by atoms with E-state index in [4.69, 9.17) is 11.6 Å². The second-order valence-electron chi connectivity index (χ2n) is 7.76. The zero-order chi connectivity index (χ0) is 18.6. The predicted molar refractivity (Wildman–Crippen MR) is 111 cm³/mol.